The number of carbonyl (C=O) groups excluding carboxylic acids is 2. The van der Waals surface area contributed by atoms with E-state index >= 15 is 0 Å². The zero-order valence-corrected chi connectivity index (χ0v) is 15.8. The lowest BCUT2D eigenvalue weighted by atomic mass is 9.85. The summed E-state index contributed by atoms with van der Waals surface area (Å²) in [6, 6.07) is 2.44. The molecule has 11 heteroatoms. The Hall–Kier alpha value is -3.76. The van der Waals surface area contributed by atoms with Gasteiger partial charge in [0.05, 0.1) is 30.1 Å². The van der Waals surface area contributed by atoms with Crippen molar-refractivity contribution >= 4 is 29.7 Å². The minimum absolute atomic E-state index is 0.0449. The lowest BCUT2D eigenvalue weighted by molar-refractivity contribution is -0.385. The number of carbonyl (C=O) groups is 3. The van der Waals surface area contributed by atoms with Crippen LogP contribution in [0.2, 0.25) is 0 Å². The van der Waals surface area contributed by atoms with Gasteiger partial charge in [-0.3, -0.25) is 19.7 Å². The van der Waals surface area contributed by atoms with Crippen molar-refractivity contribution in [1.29, 1.82) is 0 Å². The molecule has 4 unspecified atom stereocenters. The lowest BCUT2D eigenvalue weighted by Gasteiger charge is -2.13. The second-order valence-corrected chi connectivity index (χ2v) is 7.24. The summed E-state index contributed by atoms with van der Waals surface area (Å²) in [6.07, 6.45) is 5.89. The van der Waals surface area contributed by atoms with E-state index in [0.717, 1.165) is 23.7 Å². The van der Waals surface area contributed by atoms with Gasteiger partial charge in [0.1, 0.15) is 0 Å². The van der Waals surface area contributed by atoms with Crippen molar-refractivity contribution in [3.05, 3.63) is 40.0 Å². The van der Waals surface area contributed by atoms with Crippen LogP contribution in [0.3, 0.4) is 0 Å². The van der Waals surface area contributed by atoms with Gasteiger partial charge in [-0.25, -0.2) is 4.79 Å². The van der Waals surface area contributed by atoms with Gasteiger partial charge in [0.15, 0.2) is 12.4 Å². The summed E-state index contributed by atoms with van der Waals surface area (Å²) in [6.45, 7) is -0.791. The molecule has 1 aliphatic heterocycles. The molecule has 4 rings (SSSR count). The number of benzene rings is 1. The van der Waals surface area contributed by atoms with Crippen molar-refractivity contribution in [2.75, 3.05) is 13.7 Å². The number of fused-ring (bicyclic) bond motifs is 5. The maximum Gasteiger partial charge on any atom is 0.341 e. The van der Waals surface area contributed by atoms with Crippen molar-refractivity contribution in [3.63, 3.8) is 0 Å². The highest BCUT2D eigenvalue weighted by atomic mass is 16.6. The first-order valence-electron chi connectivity index (χ1n) is 9.13. The second kappa shape index (κ2) is 7.25. The predicted molar refractivity (Wildman–Crippen MR) is 99.9 cm³/mol. The summed E-state index contributed by atoms with van der Waals surface area (Å²) in [4.78, 5) is 46.7. The molecule has 30 heavy (non-hydrogen) atoms. The van der Waals surface area contributed by atoms with Gasteiger partial charge >= 0.3 is 11.7 Å². The Labute approximate surface area is 169 Å². The molecule has 11 nitrogen and oxygen atoms in total. The Kier molecular flexibility index (Phi) is 4.72. The van der Waals surface area contributed by atoms with Gasteiger partial charge in [-0.05, 0) is 24.3 Å². The number of carboxylic acids is 1. The number of hydrogen-bond acceptors (Lipinski definition) is 8. The number of hydrazone groups is 1. The fourth-order valence-corrected chi connectivity index (χ4v) is 4.37. The van der Waals surface area contributed by atoms with E-state index in [9.17, 15) is 24.5 Å². The van der Waals surface area contributed by atoms with Crippen LogP contribution in [-0.4, -0.2) is 52.8 Å². The molecule has 0 spiro atoms. The van der Waals surface area contributed by atoms with Crippen molar-refractivity contribution in [2.24, 2.45) is 28.8 Å². The van der Waals surface area contributed by atoms with Crippen LogP contribution in [0.1, 0.15) is 12.0 Å². The number of amides is 2. The van der Waals surface area contributed by atoms with Gasteiger partial charge in [-0.1, -0.05) is 12.2 Å². The van der Waals surface area contributed by atoms with E-state index in [2.05, 4.69) is 5.10 Å². The second-order valence-electron chi connectivity index (χ2n) is 7.24. The number of methoxy groups -OCH3 is 1. The van der Waals surface area contributed by atoms with Crippen LogP contribution in [0.15, 0.2) is 29.4 Å². The van der Waals surface area contributed by atoms with Crippen LogP contribution < -0.4 is 9.47 Å². The first-order valence-corrected chi connectivity index (χ1v) is 9.13. The van der Waals surface area contributed by atoms with Gasteiger partial charge in [0, 0.05) is 11.6 Å². The average molecular weight is 415 g/mol. The quantitative estimate of drug-likeness (QED) is 0.230. The number of carboxylic acid groups (broad SMARTS) is 1. The number of hydrogen-bond donors (Lipinski definition) is 1. The highest BCUT2D eigenvalue weighted by Gasteiger charge is 2.59. The van der Waals surface area contributed by atoms with Crippen LogP contribution in [0, 0.1) is 33.8 Å². The molecular weight excluding hydrogens is 398 g/mol. The van der Waals surface area contributed by atoms with E-state index in [0.29, 0.717) is 0 Å². The molecule has 1 heterocycles. The largest absolute Gasteiger partial charge is 0.493 e. The fourth-order valence-electron chi connectivity index (χ4n) is 4.37. The van der Waals surface area contributed by atoms with E-state index in [1.165, 1.54) is 13.2 Å². The van der Waals surface area contributed by atoms with Gasteiger partial charge in [0.2, 0.25) is 5.75 Å². The predicted octanol–water partition coefficient (Wildman–Crippen LogP) is 1.21. The van der Waals surface area contributed by atoms with E-state index in [-0.39, 0.29) is 40.7 Å². The average Bonchev–Trinajstić information content (AvgIpc) is 3.38. The summed E-state index contributed by atoms with van der Waals surface area (Å²) in [7, 11) is 1.24. The Balaban J connectivity index is 1.62. The smallest absolute Gasteiger partial charge is 0.341 e. The Morgan fingerprint density at radius 1 is 1.30 bits per heavy atom. The molecule has 3 aliphatic rings. The molecule has 1 N–H and O–H groups in total. The minimum Gasteiger partial charge on any atom is -0.493 e. The lowest BCUT2D eigenvalue weighted by Crippen LogP contribution is -2.28. The van der Waals surface area contributed by atoms with E-state index in [4.69, 9.17) is 14.6 Å². The molecule has 2 amide bonds. The third kappa shape index (κ3) is 3.08. The molecule has 1 saturated heterocycles. The molecule has 4 atom stereocenters. The summed E-state index contributed by atoms with van der Waals surface area (Å²) >= 11 is 0. The van der Waals surface area contributed by atoms with Gasteiger partial charge < -0.3 is 14.6 Å². The molecule has 2 fully saturated rings. The Morgan fingerprint density at radius 2 is 1.93 bits per heavy atom. The minimum atomic E-state index is -1.31. The zero-order chi connectivity index (χ0) is 21.6. The van der Waals surface area contributed by atoms with E-state index in [1.807, 2.05) is 12.2 Å². The van der Waals surface area contributed by atoms with Crippen LogP contribution in [-0.2, 0) is 14.4 Å². The molecule has 2 aliphatic carbocycles. The number of imide groups is 1. The maximum atomic E-state index is 12.7. The first-order chi connectivity index (χ1) is 14.3. The number of aliphatic carboxylic acids is 1. The highest BCUT2D eigenvalue weighted by molar-refractivity contribution is 6.06. The topological polar surface area (TPSA) is 149 Å². The summed E-state index contributed by atoms with van der Waals surface area (Å²) in [5.41, 5.74) is -0.352. The number of nitro benzene ring substituents is 1. The maximum absolute atomic E-state index is 12.7. The van der Waals surface area contributed by atoms with Gasteiger partial charge in [0.25, 0.3) is 11.8 Å². The molecule has 1 saturated carbocycles. The van der Waals surface area contributed by atoms with E-state index in [1.54, 1.807) is 0 Å². The van der Waals surface area contributed by atoms with Crippen LogP contribution in [0.25, 0.3) is 0 Å². The first kappa shape index (κ1) is 19.6. The SMILES string of the molecule is COc1cc(C=NN2C(=O)C3C4C=CC(C4)C3C2=O)cc([N+](=O)[O-])c1OCC(=O)O. The van der Waals surface area contributed by atoms with Crippen LogP contribution in [0.4, 0.5) is 5.69 Å². The fraction of sp³-hybridized carbons (Fsp3) is 0.368. The number of nitrogens with zero attached hydrogens (tertiary/aromatic N) is 3. The number of nitro groups is 1. The third-order valence-electron chi connectivity index (χ3n) is 5.58. The molecular formula is C19H17N3O8. The molecule has 1 aromatic carbocycles. The summed E-state index contributed by atoms with van der Waals surface area (Å²) in [5, 5.41) is 25.0. The van der Waals surface area contributed by atoms with Gasteiger partial charge in [-0.2, -0.15) is 10.1 Å². The zero-order valence-electron chi connectivity index (χ0n) is 15.8. The van der Waals surface area contributed by atoms with Crippen LogP contribution in [0.5, 0.6) is 11.5 Å². The standard InChI is InChI=1S/C19H17N3O8/c1-29-13-5-9(4-12(22(27)28)17(13)30-8-14(23)24)7-20-21-18(25)15-10-2-3-11(6-10)16(15)19(21)26/h2-5,7,10-11,15-16H,6,8H2,1H3,(H,23,24). The van der Waals surface area contributed by atoms with Crippen molar-refractivity contribution < 1.29 is 33.9 Å². The molecule has 156 valence electrons. The molecule has 1 aromatic rings. The molecule has 0 radical (unpaired) electrons. The van der Waals surface area contributed by atoms with E-state index < -0.39 is 35.0 Å². The monoisotopic (exact) mass is 415 g/mol. The highest BCUT2D eigenvalue weighted by Crippen LogP contribution is 2.52. The number of allylic oxidation sites excluding steroid dienone is 2. The third-order valence-corrected chi connectivity index (χ3v) is 5.58. The summed E-state index contributed by atoms with van der Waals surface area (Å²) < 4.78 is 10.1. The number of rotatable bonds is 7. The molecule has 2 bridgehead atoms. The van der Waals surface area contributed by atoms with Gasteiger partial charge in [-0.15, -0.1) is 0 Å². The Bertz CT molecular complexity index is 987. The Morgan fingerprint density at radius 3 is 2.47 bits per heavy atom. The van der Waals surface area contributed by atoms with Crippen molar-refractivity contribution in [3.8, 4) is 11.5 Å². The summed E-state index contributed by atoms with van der Waals surface area (Å²) in [5.74, 6) is -3.19. The van der Waals surface area contributed by atoms with Crippen LogP contribution >= 0.6 is 0 Å². The molecule has 0 aromatic heterocycles. The van der Waals surface area contributed by atoms with Crippen molar-refractivity contribution in [2.45, 2.75) is 6.42 Å². The normalized spacial score (nSPS) is 26.5. The number of ether oxygens (including phenoxy) is 2. The van der Waals surface area contributed by atoms with Crippen molar-refractivity contribution in [1.82, 2.24) is 5.01 Å².